The Kier molecular flexibility index (Phi) is 7.39. The summed E-state index contributed by atoms with van der Waals surface area (Å²) in [5, 5.41) is 2.79. The smallest absolute Gasteiger partial charge is 0.260 e. The lowest BCUT2D eigenvalue weighted by molar-refractivity contribution is -0.132. The van der Waals surface area contributed by atoms with Gasteiger partial charge in [0.15, 0.2) is 6.61 Å². The van der Waals surface area contributed by atoms with Crippen molar-refractivity contribution in [3.63, 3.8) is 0 Å². The van der Waals surface area contributed by atoms with Gasteiger partial charge in [-0.2, -0.15) is 11.8 Å². The fourth-order valence-electron chi connectivity index (χ4n) is 2.48. The Bertz CT molecular complexity index is 562. The molecule has 1 aliphatic rings. The minimum Gasteiger partial charge on any atom is -0.484 e. The van der Waals surface area contributed by atoms with E-state index in [0.717, 1.165) is 31.7 Å². The molecule has 1 aromatic carbocycles. The summed E-state index contributed by atoms with van der Waals surface area (Å²) in [4.78, 5) is 25.8. The number of benzene rings is 1. The maximum absolute atomic E-state index is 12.0. The van der Waals surface area contributed by atoms with Crippen LogP contribution >= 0.6 is 11.8 Å². The number of carbonyl (C=O) groups excluding carboxylic acids is 2. The number of nitrogens with zero attached hydrogens (tertiary/aromatic N) is 1. The van der Waals surface area contributed by atoms with Crippen LogP contribution in [-0.2, 0) is 9.59 Å². The van der Waals surface area contributed by atoms with Crippen LogP contribution in [0.3, 0.4) is 0 Å². The summed E-state index contributed by atoms with van der Waals surface area (Å²) in [6.07, 6.45) is 4.73. The average Bonchev–Trinajstić information content (AvgIpc) is 3.12. The van der Waals surface area contributed by atoms with Gasteiger partial charge in [-0.1, -0.05) is 6.07 Å². The Morgan fingerprint density at radius 3 is 2.83 bits per heavy atom. The van der Waals surface area contributed by atoms with Crippen LogP contribution in [0.5, 0.6) is 5.75 Å². The van der Waals surface area contributed by atoms with Gasteiger partial charge in [0.05, 0.1) is 6.04 Å². The first-order valence-electron chi connectivity index (χ1n) is 8.16. The van der Waals surface area contributed by atoms with Crippen molar-refractivity contribution in [2.24, 2.45) is 5.73 Å². The molecule has 1 aliphatic heterocycles. The third-order valence-corrected chi connectivity index (χ3v) is 4.54. The Morgan fingerprint density at radius 2 is 2.12 bits per heavy atom. The van der Waals surface area contributed by atoms with Crippen LogP contribution in [0.4, 0.5) is 5.69 Å². The Morgan fingerprint density at radius 1 is 1.38 bits per heavy atom. The molecule has 1 heterocycles. The third-order valence-electron chi connectivity index (χ3n) is 3.89. The minimum absolute atomic E-state index is 0.000950. The van der Waals surface area contributed by atoms with Crippen molar-refractivity contribution < 1.29 is 14.3 Å². The van der Waals surface area contributed by atoms with Crippen LogP contribution < -0.4 is 15.8 Å². The van der Waals surface area contributed by atoms with E-state index < -0.39 is 6.04 Å². The van der Waals surface area contributed by atoms with Gasteiger partial charge in [0.1, 0.15) is 5.75 Å². The van der Waals surface area contributed by atoms with Crippen molar-refractivity contribution in [2.75, 3.05) is 37.0 Å². The molecule has 0 bridgehead atoms. The molecular weight excluding hydrogens is 326 g/mol. The molecule has 1 saturated heterocycles. The highest BCUT2D eigenvalue weighted by molar-refractivity contribution is 7.98. The fourth-order valence-corrected chi connectivity index (χ4v) is 2.97. The molecule has 6 nitrogen and oxygen atoms in total. The van der Waals surface area contributed by atoms with E-state index in [9.17, 15) is 9.59 Å². The Labute approximate surface area is 147 Å². The van der Waals surface area contributed by atoms with Gasteiger partial charge in [-0.3, -0.25) is 9.59 Å². The predicted octanol–water partition coefficient (Wildman–Crippen LogP) is 1.71. The monoisotopic (exact) mass is 351 g/mol. The van der Waals surface area contributed by atoms with Crippen molar-refractivity contribution in [3.8, 4) is 5.75 Å². The number of anilines is 1. The van der Waals surface area contributed by atoms with Crippen LogP contribution in [0.1, 0.15) is 19.3 Å². The van der Waals surface area contributed by atoms with Crippen LogP contribution in [-0.4, -0.2) is 54.5 Å². The van der Waals surface area contributed by atoms with Crippen molar-refractivity contribution in [2.45, 2.75) is 25.3 Å². The van der Waals surface area contributed by atoms with Gasteiger partial charge in [-0.05, 0) is 43.4 Å². The summed E-state index contributed by atoms with van der Waals surface area (Å²) in [5.74, 6) is 1.18. The van der Waals surface area contributed by atoms with E-state index in [1.807, 2.05) is 11.2 Å². The summed E-state index contributed by atoms with van der Waals surface area (Å²) in [6, 6.07) is 6.49. The lowest BCUT2D eigenvalue weighted by Gasteiger charge is -2.16. The molecule has 3 N–H and O–H groups in total. The number of ether oxygens (including phenoxy) is 1. The number of hydrogen-bond acceptors (Lipinski definition) is 5. The summed E-state index contributed by atoms with van der Waals surface area (Å²) >= 11 is 1.66. The molecule has 1 fully saturated rings. The number of thioether (sulfide) groups is 1. The zero-order valence-corrected chi connectivity index (χ0v) is 14.8. The molecule has 0 spiro atoms. The minimum atomic E-state index is -0.529. The van der Waals surface area contributed by atoms with E-state index in [1.165, 1.54) is 0 Å². The highest BCUT2D eigenvalue weighted by Crippen LogP contribution is 2.18. The van der Waals surface area contributed by atoms with Gasteiger partial charge >= 0.3 is 0 Å². The molecule has 2 rings (SSSR count). The maximum Gasteiger partial charge on any atom is 0.260 e. The molecule has 0 unspecified atom stereocenters. The van der Waals surface area contributed by atoms with Crippen LogP contribution in [0.15, 0.2) is 24.3 Å². The highest BCUT2D eigenvalue weighted by atomic mass is 32.2. The van der Waals surface area contributed by atoms with Crippen molar-refractivity contribution in [1.29, 1.82) is 0 Å². The van der Waals surface area contributed by atoms with Gasteiger partial charge in [-0.25, -0.2) is 0 Å². The average molecular weight is 351 g/mol. The molecule has 1 atom stereocenters. The van der Waals surface area contributed by atoms with E-state index in [1.54, 1.807) is 36.0 Å². The molecule has 1 aromatic rings. The first-order chi connectivity index (χ1) is 11.6. The predicted molar refractivity (Wildman–Crippen MR) is 97.4 cm³/mol. The van der Waals surface area contributed by atoms with Crippen molar-refractivity contribution >= 4 is 29.3 Å². The van der Waals surface area contributed by atoms with Crippen LogP contribution in [0.25, 0.3) is 0 Å². The molecule has 0 aromatic heterocycles. The lowest BCUT2D eigenvalue weighted by atomic mass is 10.2. The standard InChI is InChI=1S/C17H25N3O3S/c1-24-10-7-15(18)17(22)19-13-5-4-6-14(11-13)23-12-16(21)20-8-2-3-9-20/h4-6,11,15H,2-3,7-10,12,18H2,1H3,(H,19,22)/t15-/m0/s1. The number of amides is 2. The van der Waals surface area contributed by atoms with Crippen LogP contribution in [0.2, 0.25) is 0 Å². The first-order valence-corrected chi connectivity index (χ1v) is 9.55. The molecular formula is C17H25N3O3S. The van der Waals surface area contributed by atoms with E-state index in [4.69, 9.17) is 10.5 Å². The number of nitrogens with one attached hydrogen (secondary N) is 1. The van der Waals surface area contributed by atoms with Crippen molar-refractivity contribution in [3.05, 3.63) is 24.3 Å². The highest BCUT2D eigenvalue weighted by Gasteiger charge is 2.18. The van der Waals surface area contributed by atoms with Gasteiger partial charge in [0, 0.05) is 24.8 Å². The SMILES string of the molecule is CSCC[C@H](N)C(=O)Nc1cccc(OCC(=O)N2CCCC2)c1. The van der Waals surface area contributed by atoms with Gasteiger partial charge in [0.2, 0.25) is 5.91 Å². The summed E-state index contributed by atoms with van der Waals surface area (Å²) < 4.78 is 5.55. The van der Waals surface area contributed by atoms with E-state index in [-0.39, 0.29) is 18.4 Å². The lowest BCUT2D eigenvalue weighted by Crippen LogP contribution is -2.36. The van der Waals surface area contributed by atoms with E-state index in [2.05, 4.69) is 5.32 Å². The second-order valence-corrected chi connectivity index (χ2v) is 6.77. The molecule has 0 aliphatic carbocycles. The zero-order chi connectivity index (χ0) is 17.4. The van der Waals surface area contributed by atoms with Crippen LogP contribution in [0, 0.1) is 0 Å². The van der Waals surface area contributed by atoms with Gasteiger partial charge in [0.25, 0.3) is 5.91 Å². The molecule has 24 heavy (non-hydrogen) atoms. The van der Waals surface area contributed by atoms with E-state index in [0.29, 0.717) is 17.9 Å². The molecule has 0 radical (unpaired) electrons. The third kappa shape index (κ3) is 5.72. The topological polar surface area (TPSA) is 84.7 Å². The summed E-state index contributed by atoms with van der Waals surface area (Å²) in [7, 11) is 0. The maximum atomic E-state index is 12.0. The number of likely N-dealkylation sites (tertiary alicyclic amines) is 1. The molecule has 2 amide bonds. The Balaban J connectivity index is 1.84. The quantitative estimate of drug-likeness (QED) is 0.745. The summed E-state index contributed by atoms with van der Waals surface area (Å²) in [5.41, 5.74) is 6.47. The second-order valence-electron chi connectivity index (χ2n) is 5.78. The molecule has 7 heteroatoms. The first kappa shape index (κ1) is 18.6. The molecule has 0 saturated carbocycles. The van der Waals surface area contributed by atoms with E-state index >= 15 is 0 Å². The van der Waals surface area contributed by atoms with Crippen molar-refractivity contribution in [1.82, 2.24) is 4.90 Å². The van der Waals surface area contributed by atoms with Gasteiger partial charge in [-0.15, -0.1) is 0 Å². The largest absolute Gasteiger partial charge is 0.484 e. The van der Waals surface area contributed by atoms with Gasteiger partial charge < -0.3 is 20.7 Å². The number of hydrogen-bond donors (Lipinski definition) is 2. The normalized spacial score (nSPS) is 15.2. The fraction of sp³-hybridized carbons (Fsp3) is 0.529. The zero-order valence-electron chi connectivity index (χ0n) is 14.0. The number of carbonyl (C=O) groups is 2. The molecule has 132 valence electrons. The summed E-state index contributed by atoms with van der Waals surface area (Å²) in [6.45, 7) is 1.64. The number of rotatable bonds is 8. The Hall–Kier alpha value is -1.73. The number of nitrogens with two attached hydrogens (primary N) is 1. The second kappa shape index (κ2) is 9.54.